The number of hydrogen-bond donors (Lipinski definition) is 1. The molecule has 1 aliphatic heterocycles. The number of benzene rings is 1. The molecule has 26 heavy (non-hydrogen) atoms. The number of hydrogen-bond acceptors (Lipinski definition) is 4. The smallest absolute Gasteiger partial charge is 0.224 e. The summed E-state index contributed by atoms with van der Waals surface area (Å²) in [6, 6.07) is 9.92. The first-order chi connectivity index (χ1) is 12.5. The van der Waals surface area contributed by atoms with Crippen LogP contribution in [0.5, 0.6) is 0 Å². The lowest BCUT2D eigenvalue weighted by Crippen LogP contribution is -2.45. The van der Waals surface area contributed by atoms with E-state index in [0.29, 0.717) is 6.54 Å². The van der Waals surface area contributed by atoms with Crippen LogP contribution in [0.15, 0.2) is 42.6 Å². The van der Waals surface area contributed by atoms with E-state index < -0.39 is 0 Å². The van der Waals surface area contributed by atoms with Crippen LogP contribution in [0.25, 0.3) is 0 Å². The molecule has 1 aromatic heterocycles. The van der Waals surface area contributed by atoms with Crippen LogP contribution in [0, 0.1) is 5.82 Å². The van der Waals surface area contributed by atoms with Gasteiger partial charge in [-0.1, -0.05) is 18.2 Å². The molecular formula is C20H24FN3O2. The Morgan fingerprint density at radius 1 is 1.15 bits per heavy atom. The maximum Gasteiger partial charge on any atom is 0.224 e. The Morgan fingerprint density at radius 3 is 2.42 bits per heavy atom. The summed E-state index contributed by atoms with van der Waals surface area (Å²) >= 11 is 0. The Hall–Kier alpha value is -2.47. The van der Waals surface area contributed by atoms with Crippen molar-refractivity contribution in [2.45, 2.75) is 39.0 Å². The van der Waals surface area contributed by atoms with Crippen molar-refractivity contribution >= 4 is 11.7 Å². The van der Waals surface area contributed by atoms with E-state index in [2.05, 4.69) is 29.0 Å². The van der Waals surface area contributed by atoms with Crippen LogP contribution >= 0.6 is 0 Å². The Morgan fingerprint density at radius 2 is 1.81 bits per heavy atom. The minimum atomic E-state index is -0.302. The molecule has 2 unspecified atom stereocenters. The normalized spacial score (nSPS) is 20.0. The first-order valence-corrected chi connectivity index (χ1v) is 8.86. The summed E-state index contributed by atoms with van der Waals surface area (Å²) in [7, 11) is 0. The topological polar surface area (TPSA) is 54.5 Å². The molecule has 1 N–H and O–H groups in total. The average molecular weight is 357 g/mol. The van der Waals surface area contributed by atoms with Crippen LogP contribution in [0.1, 0.15) is 25.0 Å². The summed E-state index contributed by atoms with van der Waals surface area (Å²) in [5, 5.41) is 2.87. The van der Waals surface area contributed by atoms with Crippen LogP contribution in [0.4, 0.5) is 10.2 Å². The van der Waals surface area contributed by atoms with Gasteiger partial charge in [0.15, 0.2) is 0 Å². The summed E-state index contributed by atoms with van der Waals surface area (Å²) < 4.78 is 18.6. The highest BCUT2D eigenvalue weighted by Gasteiger charge is 2.22. The van der Waals surface area contributed by atoms with E-state index in [0.717, 1.165) is 30.0 Å². The molecule has 3 rings (SSSR count). The Bertz CT molecular complexity index is 724. The summed E-state index contributed by atoms with van der Waals surface area (Å²) in [6.07, 6.45) is 2.39. The second-order valence-electron chi connectivity index (χ2n) is 6.77. The zero-order valence-corrected chi connectivity index (χ0v) is 15.1. The number of morpholine rings is 1. The fraction of sp³-hybridized carbons (Fsp3) is 0.400. The third-order valence-electron chi connectivity index (χ3n) is 4.32. The first-order valence-electron chi connectivity index (χ1n) is 8.86. The van der Waals surface area contributed by atoms with E-state index in [-0.39, 0.29) is 30.4 Å². The van der Waals surface area contributed by atoms with E-state index >= 15 is 0 Å². The summed E-state index contributed by atoms with van der Waals surface area (Å²) in [4.78, 5) is 18.7. The number of rotatable bonds is 5. The minimum absolute atomic E-state index is 0.100. The fourth-order valence-corrected chi connectivity index (χ4v) is 3.12. The van der Waals surface area contributed by atoms with Gasteiger partial charge in [0, 0.05) is 25.8 Å². The lowest BCUT2D eigenvalue weighted by atomic mass is 10.1. The molecule has 138 valence electrons. The molecule has 2 aromatic rings. The second kappa shape index (κ2) is 8.27. The van der Waals surface area contributed by atoms with Gasteiger partial charge < -0.3 is 15.0 Å². The summed E-state index contributed by atoms with van der Waals surface area (Å²) in [5.41, 5.74) is 1.73. The largest absolute Gasteiger partial charge is 0.372 e. The molecule has 1 aromatic carbocycles. The highest BCUT2D eigenvalue weighted by atomic mass is 19.1. The van der Waals surface area contributed by atoms with Crippen molar-refractivity contribution in [3.8, 4) is 0 Å². The summed E-state index contributed by atoms with van der Waals surface area (Å²) in [6.45, 7) is 6.20. The van der Waals surface area contributed by atoms with Crippen molar-refractivity contribution in [1.82, 2.24) is 10.3 Å². The van der Waals surface area contributed by atoms with Crippen molar-refractivity contribution in [2.24, 2.45) is 0 Å². The Kier molecular flexibility index (Phi) is 5.83. The van der Waals surface area contributed by atoms with Gasteiger partial charge in [-0.15, -0.1) is 0 Å². The zero-order chi connectivity index (χ0) is 18.5. The number of carbonyl (C=O) groups is 1. The van der Waals surface area contributed by atoms with Crippen molar-refractivity contribution in [3.63, 3.8) is 0 Å². The van der Waals surface area contributed by atoms with Crippen LogP contribution < -0.4 is 10.2 Å². The van der Waals surface area contributed by atoms with Crippen molar-refractivity contribution < 1.29 is 13.9 Å². The van der Waals surface area contributed by atoms with Gasteiger partial charge in [-0.05, 0) is 43.2 Å². The molecule has 2 heterocycles. The second-order valence-corrected chi connectivity index (χ2v) is 6.77. The monoisotopic (exact) mass is 357 g/mol. The lowest BCUT2D eigenvalue weighted by Gasteiger charge is -2.36. The molecule has 1 saturated heterocycles. The van der Waals surface area contributed by atoms with Gasteiger partial charge in [-0.25, -0.2) is 9.37 Å². The number of nitrogens with one attached hydrogen (secondary N) is 1. The lowest BCUT2D eigenvalue weighted by molar-refractivity contribution is -0.120. The summed E-state index contributed by atoms with van der Waals surface area (Å²) in [5.74, 6) is 0.522. The van der Waals surface area contributed by atoms with E-state index in [9.17, 15) is 9.18 Å². The quantitative estimate of drug-likeness (QED) is 0.894. The minimum Gasteiger partial charge on any atom is -0.372 e. The number of amides is 1. The maximum absolute atomic E-state index is 12.9. The molecule has 1 aliphatic rings. The van der Waals surface area contributed by atoms with E-state index in [4.69, 9.17) is 4.74 Å². The number of ether oxygens (including phenoxy) is 1. The van der Waals surface area contributed by atoms with Gasteiger partial charge >= 0.3 is 0 Å². The molecule has 2 atom stereocenters. The van der Waals surface area contributed by atoms with Gasteiger partial charge in [0.25, 0.3) is 0 Å². The molecule has 0 aliphatic carbocycles. The van der Waals surface area contributed by atoms with Crippen LogP contribution in [0.2, 0.25) is 0 Å². The number of pyridine rings is 1. The zero-order valence-electron chi connectivity index (χ0n) is 15.1. The van der Waals surface area contributed by atoms with E-state index in [1.165, 1.54) is 12.1 Å². The number of carbonyl (C=O) groups excluding carboxylic acids is 1. The SMILES string of the molecule is CC1CN(c2ccc(CNC(=O)Cc3ccc(F)cc3)cn2)CC(C)O1. The predicted molar refractivity (Wildman–Crippen MR) is 98.4 cm³/mol. The van der Waals surface area contributed by atoms with Gasteiger partial charge in [0.2, 0.25) is 5.91 Å². The molecule has 0 bridgehead atoms. The molecule has 1 amide bonds. The van der Waals surface area contributed by atoms with Crippen molar-refractivity contribution in [3.05, 3.63) is 59.5 Å². The molecule has 1 fully saturated rings. The molecule has 0 spiro atoms. The van der Waals surface area contributed by atoms with Crippen molar-refractivity contribution in [1.29, 1.82) is 0 Å². The Labute approximate surface area is 153 Å². The van der Waals surface area contributed by atoms with E-state index in [1.54, 1.807) is 18.3 Å². The van der Waals surface area contributed by atoms with Gasteiger partial charge in [0.05, 0.1) is 18.6 Å². The third kappa shape index (κ3) is 5.02. The highest BCUT2D eigenvalue weighted by molar-refractivity contribution is 5.78. The molecule has 0 saturated carbocycles. The van der Waals surface area contributed by atoms with E-state index in [1.807, 2.05) is 12.1 Å². The van der Waals surface area contributed by atoms with Crippen LogP contribution in [0.3, 0.4) is 0 Å². The number of aromatic nitrogens is 1. The molecule has 5 nitrogen and oxygen atoms in total. The maximum atomic E-state index is 12.9. The number of nitrogens with zero attached hydrogens (tertiary/aromatic N) is 2. The number of halogens is 1. The third-order valence-corrected chi connectivity index (χ3v) is 4.32. The molecule has 6 heteroatoms. The van der Waals surface area contributed by atoms with Crippen molar-refractivity contribution in [2.75, 3.05) is 18.0 Å². The standard InChI is InChI=1S/C20H24FN3O2/c1-14-12-24(13-15(2)26-14)19-8-5-17(10-22-19)11-23-20(25)9-16-3-6-18(21)7-4-16/h3-8,10,14-15H,9,11-13H2,1-2H3,(H,23,25). The molecular weight excluding hydrogens is 333 g/mol. The average Bonchev–Trinajstić information content (AvgIpc) is 2.61. The van der Waals surface area contributed by atoms with Crippen LogP contribution in [-0.4, -0.2) is 36.2 Å². The Balaban J connectivity index is 1.51. The van der Waals surface area contributed by atoms with Gasteiger partial charge in [-0.3, -0.25) is 4.79 Å². The number of anilines is 1. The molecule has 0 radical (unpaired) electrons. The van der Waals surface area contributed by atoms with Crippen LogP contribution in [-0.2, 0) is 22.5 Å². The van der Waals surface area contributed by atoms with Gasteiger partial charge in [-0.2, -0.15) is 0 Å². The predicted octanol–water partition coefficient (Wildman–Crippen LogP) is 2.69. The highest BCUT2D eigenvalue weighted by Crippen LogP contribution is 2.18. The fourth-order valence-electron chi connectivity index (χ4n) is 3.12. The van der Waals surface area contributed by atoms with Gasteiger partial charge in [0.1, 0.15) is 11.6 Å². The first kappa shape index (κ1) is 18.3.